The summed E-state index contributed by atoms with van der Waals surface area (Å²) in [5.41, 5.74) is 0.497. The second-order valence-corrected chi connectivity index (χ2v) is 10.4. The number of hydrogen-bond acceptors (Lipinski definition) is 6. The number of esters is 1. The zero-order valence-corrected chi connectivity index (χ0v) is 22.6. The molecule has 0 aromatic heterocycles. The van der Waals surface area contributed by atoms with Gasteiger partial charge in [0.1, 0.15) is 17.1 Å². The van der Waals surface area contributed by atoms with E-state index in [2.05, 4.69) is 11.5 Å². The first-order chi connectivity index (χ1) is 18.2. The molecule has 1 saturated carbocycles. The molecule has 2 aliphatic rings. The van der Waals surface area contributed by atoms with Crippen molar-refractivity contribution in [3.8, 4) is 11.5 Å². The largest absolute Gasteiger partial charge is 0.508 e. The number of likely N-dealkylation sites (tertiary alicyclic amines) is 1. The summed E-state index contributed by atoms with van der Waals surface area (Å²) in [6.45, 7) is 7.43. The molecule has 1 amide bonds. The van der Waals surface area contributed by atoms with Crippen LogP contribution in [-0.2, 0) is 19.7 Å². The molecule has 38 heavy (non-hydrogen) atoms. The van der Waals surface area contributed by atoms with Gasteiger partial charge in [-0.25, -0.2) is 0 Å². The van der Waals surface area contributed by atoms with E-state index in [4.69, 9.17) is 9.47 Å². The first-order valence-electron chi connectivity index (χ1n) is 13.1. The number of rotatable bonds is 8. The summed E-state index contributed by atoms with van der Waals surface area (Å²) in [6, 6.07) is 14.8. The van der Waals surface area contributed by atoms with E-state index in [1.54, 1.807) is 36.3 Å². The Labute approximate surface area is 225 Å². The highest BCUT2D eigenvalue weighted by Crippen LogP contribution is 2.54. The Morgan fingerprint density at radius 2 is 2.00 bits per heavy atom. The average Bonchev–Trinajstić information content (AvgIpc) is 2.90. The molecule has 0 bridgehead atoms. The summed E-state index contributed by atoms with van der Waals surface area (Å²) in [5.74, 6) is 0.500. The van der Waals surface area contributed by atoms with Gasteiger partial charge < -0.3 is 19.5 Å². The second-order valence-electron chi connectivity index (χ2n) is 10.4. The maximum atomic E-state index is 13.3. The van der Waals surface area contributed by atoms with Crippen molar-refractivity contribution in [2.45, 2.75) is 49.7 Å². The quantitative estimate of drug-likeness (QED) is 0.314. The van der Waals surface area contributed by atoms with Crippen LogP contribution in [0, 0.1) is 0 Å². The van der Waals surface area contributed by atoms with Crippen molar-refractivity contribution in [1.82, 2.24) is 9.80 Å². The van der Waals surface area contributed by atoms with Crippen LogP contribution in [0.5, 0.6) is 11.5 Å². The standard InChI is InChI=1S/C31H38N2O5/c1-5-17-33-18-16-30(25-9-7-10-27(35)20-25)21-26(14-15-31(30,22-33)38-23(2)34)32(3)29(36)13-12-24-8-6-11-28(19-24)37-4/h5-13,19-20,26,35H,1,14-18,21-22H2,2-4H3/b13-12+. The second kappa shape index (κ2) is 11.4. The zero-order valence-electron chi connectivity index (χ0n) is 22.6. The predicted molar refractivity (Wildman–Crippen MR) is 148 cm³/mol. The van der Waals surface area contributed by atoms with Crippen LogP contribution in [0.1, 0.15) is 43.7 Å². The monoisotopic (exact) mass is 518 g/mol. The molecule has 1 saturated heterocycles. The van der Waals surface area contributed by atoms with Crippen molar-refractivity contribution in [2.75, 3.05) is 33.8 Å². The third kappa shape index (κ3) is 5.48. The van der Waals surface area contributed by atoms with Gasteiger partial charge in [0.15, 0.2) is 0 Å². The summed E-state index contributed by atoms with van der Waals surface area (Å²) < 4.78 is 11.5. The molecule has 0 radical (unpaired) electrons. The average molecular weight is 519 g/mol. The number of carbonyl (C=O) groups is 2. The maximum absolute atomic E-state index is 13.3. The molecule has 1 heterocycles. The van der Waals surface area contributed by atoms with Gasteiger partial charge in [-0.2, -0.15) is 0 Å². The van der Waals surface area contributed by atoms with Gasteiger partial charge in [0, 0.05) is 44.6 Å². The van der Waals surface area contributed by atoms with E-state index in [1.807, 2.05) is 49.5 Å². The highest BCUT2D eigenvalue weighted by molar-refractivity contribution is 5.91. The molecule has 1 aliphatic carbocycles. The molecule has 7 nitrogen and oxygen atoms in total. The van der Waals surface area contributed by atoms with E-state index < -0.39 is 11.0 Å². The number of phenolic OH excluding ortho intramolecular Hbond substituents is 1. The van der Waals surface area contributed by atoms with E-state index in [1.165, 1.54) is 6.92 Å². The molecule has 0 spiro atoms. The maximum Gasteiger partial charge on any atom is 0.303 e. The number of amides is 1. The summed E-state index contributed by atoms with van der Waals surface area (Å²) >= 11 is 0. The predicted octanol–water partition coefficient (Wildman–Crippen LogP) is 4.56. The van der Waals surface area contributed by atoms with Crippen LogP contribution in [0.25, 0.3) is 6.08 Å². The number of carbonyl (C=O) groups excluding carboxylic acids is 2. The Morgan fingerprint density at radius 1 is 1.21 bits per heavy atom. The minimum atomic E-state index is -0.773. The number of ether oxygens (including phenoxy) is 2. The smallest absolute Gasteiger partial charge is 0.303 e. The molecular weight excluding hydrogens is 480 g/mol. The number of aromatic hydroxyl groups is 1. The van der Waals surface area contributed by atoms with Gasteiger partial charge in [-0.15, -0.1) is 6.58 Å². The van der Waals surface area contributed by atoms with Gasteiger partial charge in [0.25, 0.3) is 0 Å². The lowest BCUT2D eigenvalue weighted by molar-refractivity contribution is -0.189. The number of benzene rings is 2. The lowest BCUT2D eigenvalue weighted by Crippen LogP contribution is -2.68. The summed E-state index contributed by atoms with van der Waals surface area (Å²) in [7, 11) is 3.45. The van der Waals surface area contributed by atoms with Crippen molar-refractivity contribution >= 4 is 18.0 Å². The number of nitrogens with zero attached hydrogens (tertiary/aromatic N) is 2. The molecule has 2 aromatic carbocycles. The van der Waals surface area contributed by atoms with Crippen molar-refractivity contribution in [2.24, 2.45) is 0 Å². The van der Waals surface area contributed by atoms with Crippen molar-refractivity contribution in [3.63, 3.8) is 0 Å². The van der Waals surface area contributed by atoms with Crippen LogP contribution in [-0.4, -0.2) is 72.2 Å². The number of phenols is 1. The topological polar surface area (TPSA) is 79.3 Å². The normalized spacial score (nSPS) is 25.4. The SMILES string of the molecule is C=CCN1CCC2(c3cccc(O)c3)CC(N(C)C(=O)/C=C/c3cccc(OC)c3)CCC2(OC(C)=O)C1. The fourth-order valence-corrected chi connectivity index (χ4v) is 6.34. The minimum Gasteiger partial charge on any atom is -0.508 e. The first kappa shape index (κ1) is 27.5. The van der Waals surface area contributed by atoms with E-state index >= 15 is 0 Å². The van der Waals surface area contributed by atoms with E-state index in [0.29, 0.717) is 32.4 Å². The number of likely N-dealkylation sites (N-methyl/N-ethyl adjacent to an activating group) is 1. The Bertz CT molecular complexity index is 1210. The molecule has 1 N–H and O–H groups in total. The number of hydrogen-bond donors (Lipinski definition) is 1. The van der Waals surface area contributed by atoms with Gasteiger partial charge in [0.2, 0.25) is 5.91 Å². The van der Waals surface area contributed by atoms with Gasteiger partial charge in [0.05, 0.1) is 7.11 Å². The Balaban J connectivity index is 1.66. The molecule has 1 aliphatic heterocycles. The summed E-state index contributed by atoms with van der Waals surface area (Å²) in [6.07, 6.45) is 7.93. The molecule has 202 valence electrons. The van der Waals surface area contributed by atoms with E-state index in [9.17, 15) is 14.7 Å². The molecular formula is C31H38N2O5. The van der Waals surface area contributed by atoms with Crippen LogP contribution >= 0.6 is 0 Å². The zero-order chi connectivity index (χ0) is 27.3. The minimum absolute atomic E-state index is 0.0607. The third-order valence-electron chi connectivity index (χ3n) is 8.20. The Hall–Kier alpha value is -3.58. The molecule has 3 unspecified atom stereocenters. The Morgan fingerprint density at radius 3 is 2.71 bits per heavy atom. The summed E-state index contributed by atoms with van der Waals surface area (Å²) in [5, 5.41) is 10.4. The number of piperidine rings is 1. The molecule has 7 heteroatoms. The molecule has 2 aromatic rings. The highest BCUT2D eigenvalue weighted by Gasteiger charge is 2.61. The summed E-state index contributed by atoms with van der Waals surface area (Å²) in [4.78, 5) is 29.8. The lowest BCUT2D eigenvalue weighted by atomic mass is 9.55. The van der Waals surface area contributed by atoms with Crippen LogP contribution in [0.4, 0.5) is 0 Å². The van der Waals surface area contributed by atoms with Crippen LogP contribution in [0.15, 0.2) is 67.3 Å². The van der Waals surface area contributed by atoms with Gasteiger partial charge in [-0.1, -0.05) is 30.3 Å². The van der Waals surface area contributed by atoms with Crippen LogP contribution in [0.2, 0.25) is 0 Å². The van der Waals surface area contributed by atoms with Crippen molar-refractivity contribution < 1.29 is 24.2 Å². The number of methoxy groups -OCH3 is 1. The molecule has 4 rings (SSSR count). The van der Waals surface area contributed by atoms with E-state index in [-0.39, 0.29) is 23.7 Å². The van der Waals surface area contributed by atoms with Crippen molar-refractivity contribution in [1.29, 1.82) is 0 Å². The van der Waals surface area contributed by atoms with Gasteiger partial charge in [-0.3, -0.25) is 14.5 Å². The molecule has 2 fully saturated rings. The Kier molecular flexibility index (Phi) is 8.26. The number of fused-ring (bicyclic) bond motifs is 1. The first-order valence-corrected chi connectivity index (χ1v) is 13.1. The fourth-order valence-electron chi connectivity index (χ4n) is 6.34. The van der Waals surface area contributed by atoms with E-state index in [0.717, 1.165) is 29.8 Å². The van der Waals surface area contributed by atoms with Crippen LogP contribution in [0.3, 0.4) is 0 Å². The third-order valence-corrected chi connectivity index (χ3v) is 8.20. The molecule has 3 atom stereocenters. The van der Waals surface area contributed by atoms with Gasteiger partial charge in [-0.05, 0) is 73.7 Å². The fraction of sp³-hybridized carbons (Fsp3) is 0.419. The van der Waals surface area contributed by atoms with Gasteiger partial charge >= 0.3 is 5.97 Å². The van der Waals surface area contributed by atoms with Crippen molar-refractivity contribution in [3.05, 3.63) is 78.4 Å². The van der Waals surface area contributed by atoms with Crippen LogP contribution < -0.4 is 4.74 Å². The lowest BCUT2D eigenvalue weighted by Gasteiger charge is -2.60. The highest BCUT2D eigenvalue weighted by atomic mass is 16.6.